The number of aromatic hydroxyl groups is 2. The molecule has 3 heterocycles. The lowest BCUT2D eigenvalue weighted by Crippen LogP contribution is -2.29. The van der Waals surface area contributed by atoms with Crippen LogP contribution in [0.5, 0.6) is 11.8 Å². The zero-order chi connectivity index (χ0) is 19.1. The van der Waals surface area contributed by atoms with Crippen LogP contribution in [0.3, 0.4) is 0 Å². The van der Waals surface area contributed by atoms with Crippen LogP contribution in [0.25, 0.3) is 0 Å². The van der Waals surface area contributed by atoms with E-state index in [1.807, 2.05) is 0 Å². The fourth-order valence-corrected chi connectivity index (χ4v) is 3.35. The van der Waals surface area contributed by atoms with E-state index in [-0.39, 0.29) is 36.9 Å². The maximum absolute atomic E-state index is 11.7. The van der Waals surface area contributed by atoms with Crippen molar-refractivity contribution in [2.45, 2.75) is 44.4 Å². The van der Waals surface area contributed by atoms with Gasteiger partial charge in [-0.25, -0.2) is 4.79 Å². The molecule has 2 unspecified atom stereocenters. The maximum atomic E-state index is 11.7. The van der Waals surface area contributed by atoms with Crippen molar-refractivity contribution < 1.29 is 34.4 Å². The molecule has 0 aliphatic carbocycles. The number of ether oxygens (including phenoxy) is 2. The molecule has 0 aromatic carbocycles. The maximum Gasteiger partial charge on any atom is 0.333 e. The van der Waals surface area contributed by atoms with E-state index >= 15 is 0 Å². The van der Waals surface area contributed by atoms with Gasteiger partial charge < -0.3 is 24.8 Å². The van der Waals surface area contributed by atoms with Crippen LogP contribution in [0.1, 0.15) is 43.4 Å². The van der Waals surface area contributed by atoms with E-state index in [1.165, 1.54) is 11.5 Å². The summed E-state index contributed by atoms with van der Waals surface area (Å²) in [6.45, 7) is 5.18. The number of fused-ring (bicyclic) bond motifs is 5. The van der Waals surface area contributed by atoms with E-state index < -0.39 is 23.6 Å². The topological polar surface area (TPSA) is 118 Å². The van der Waals surface area contributed by atoms with E-state index in [9.17, 15) is 19.8 Å². The fraction of sp³-hybridized carbons (Fsp3) is 0.444. The van der Waals surface area contributed by atoms with Gasteiger partial charge in [0.1, 0.15) is 12.7 Å². The summed E-state index contributed by atoms with van der Waals surface area (Å²) in [5.74, 6) is -1.73. The molecule has 3 rings (SSSR count). The lowest BCUT2D eigenvalue weighted by molar-refractivity contribution is -0.147. The molecule has 140 valence electrons. The molecule has 2 atom stereocenters. The quantitative estimate of drug-likeness (QED) is 0.280. The molecule has 0 saturated carbocycles. The molecule has 2 bridgehead atoms. The van der Waals surface area contributed by atoms with Crippen molar-refractivity contribution in [3.63, 3.8) is 0 Å². The van der Waals surface area contributed by atoms with Crippen molar-refractivity contribution in [1.82, 2.24) is 4.57 Å². The number of aliphatic carboxylic acids is 1. The van der Waals surface area contributed by atoms with Gasteiger partial charge in [-0.15, -0.1) is 0 Å². The third-order valence-corrected chi connectivity index (χ3v) is 4.62. The first-order chi connectivity index (χ1) is 12.3. The molecule has 8 nitrogen and oxygen atoms in total. The summed E-state index contributed by atoms with van der Waals surface area (Å²) in [7, 11) is 0. The molecule has 0 spiro atoms. The van der Waals surface area contributed by atoms with E-state index in [1.54, 1.807) is 12.2 Å². The van der Waals surface area contributed by atoms with Gasteiger partial charge in [0, 0.05) is 18.5 Å². The van der Waals surface area contributed by atoms with Crippen LogP contribution in [0.15, 0.2) is 24.3 Å². The van der Waals surface area contributed by atoms with Crippen molar-refractivity contribution in [1.29, 1.82) is 0 Å². The van der Waals surface area contributed by atoms with Crippen LogP contribution >= 0.6 is 0 Å². The van der Waals surface area contributed by atoms with Crippen LogP contribution in [0.4, 0.5) is 0 Å². The second-order valence-electron chi connectivity index (χ2n) is 6.58. The molecule has 0 saturated heterocycles. The smallest absolute Gasteiger partial charge is 0.333 e. The number of carboxylic acids is 1. The Bertz CT molecular complexity index is 807. The average molecular weight is 363 g/mol. The molecule has 1 aromatic heterocycles. The SMILES string of the molecule is C=C(C)C(=O)OCC12C=CC(O1)c1c2c(O)n(CCCCC(=O)O)c1O. The standard InChI is InChI=1S/C18H21NO7/c1-10(2)17(24)25-9-18-7-6-11(26-18)13-14(18)16(23)19(15(13)22)8-4-3-5-12(20)21/h6-7,11,22-23H,1,3-5,8-9H2,2H3,(H,20,21). The Balaban J connectivity index is 1.81. The van der Waals surface area contributed by atoms with Gasteiger partial charge in [0.2, 0.25) is 11.8 Å². The minimum absolute atomic E-state index is 0.0244. The fourth-order valence-electron chi connectivity index (χ4n) is 3.35. The number of hydrogen-bond donors (Lipinski definition) is 3. The summed E-state index contributed by atoms with van der Waals surface area (Å²) >= 11 is 0. The van der Waals surface area contributed by atoms with Crippen LogP contribution in [0, 0.1) is 0 Å². The highest BCUT2D eigenvalue weighted by Crippen LogP contribution is 2.58. The van der Waals surface area contributed by atoms with Gasteiger partial charge in [0.05, 0.1) is 11.1 Å². The molecule has 26 heavy (non-hydrogen) atoms. The summed E-state index contributed by atoms with van der Waals surface area (Å²) in [6.07, 6.45) is 3.86. The Labute approximate surface area is 150 Å². The van der Waals surface area contributed by atoms with Gasteiger partial charge in [-0.3, -0.25) is 9.36 Å². The molecular formula is C18H21NO7. The van der Waals surface area contributed by atoms with Crippen molar-refractivity contribution in [2.75, 3.05) is 6.61 Å². The minimum atomic E-state index is -1.14. The van der Waals surface area contributed by atoms with Crippen molar-refractivity contribution in [3.8, 4) is 11.8 Å². The second kappa shape index (κ2) is 6.53. The van der Waals surface area contributed by atoms with Gasteiger partial charge in [0.25, 0.3) is 0 Å². The molecule has 8 heteroatoms. The van der Waals surface area contributed by atoms with E-state index in [4.69, 9.17) is 14.6 Å². The van der Waals surface area contributed by atoms with Crippen molar-refractivity contribution >= 4 is 11.9 Å². The number of carbonyl (C=O) groups excluding carboxylic acids is 1. The normalized spacial score (nSPS) is 22.4. The van der Waals surface area contributed by atoms with E-state index in [0.717, 1.165) is 0 Å². The number of carboxylic acid groups (broad SMARTS) is 1. The number of unbranched alkanes of at least 4 members (excludes halogenated alkanes) is 1. The molecule has 0 fully saturated rings. The van der Waals surface area contributed by atoms with Crippen LogP contribution in [-0.2, 0) is 31.2 Å². The number of hydrogen-bond acceptors (Lipinski definition) is 6. The number of rotatable bonds is 8. The highest BCUT2D eigenvalue weighted by atomic mass is 16.6. The first kappa shape index (κ1) is 18.1. The molecule has 3 N–H and O–H groups in total. The summed E-state index contributed by atoms with van der Waals surface area (Å²) in [4.78, 5) is 22.3. The van der Waals surface area contributed by atoms with Crippen molar-refractivity contribution in [3.05, 3.63) is 35.4 Å². The van der Waals surface area contributed by atoms with E-state index in [2.05, 4.69) is 6.58 Å². The summed E-state index contributed by atoms with van der Waals surface area (Å²) < 4.78 is 12.4. The Morgan fingerprint density at radius 3 is 2.73 bits per heavy atom. The molecule has 1 aromatic rings. The molecule has 2 aliphatic rings. The van der Waals surface area contributed by atoms with Crippen LogP contribution in [-0.4, -0.2) is 38.4 Å². The number of carbonyl (C=O) groups is 2. The highest BCUT2D eigenvalue weighted by Gasteiger charge is 2.53. The molecular weight excluding hydrogens is 342 g/mol. The number of aromatic nitrogens is 1. The third-order valence-electron chi connectivity index (χ3n) is 4.62. The van der Waals surface area contributed by atoms with Gasteiger partial charge >= 0.3 is 11.9 Å². The average Bonchev–Trinajstić information content (AvgIpc) is 3.21. The molecule has 2 aliphatic heterocycles. The number of nitrogens with zero attached hydrogens (tertiary/aromatic N) is 1. The van der Waals surface area contributed by atoms with Crippen molar-refractivity contribution in [2.24, 2.45) is 0 Å². The monoisotopic (exact) mass is 363 g/mol. The van der Waals surface area contributed by atoms with Gasteiger partial charge in [-0.05, 0) is 25.8 Å². The largest absolute Gasteiger partial charge is 0.494 e. The highest BCUT2D eigenvalue weighted by molar-refractivity contribution is 5.87. The first-order valence-electron chi connectivity index (χ1n) is 8.33. The summed E-state index contributed by atoms with van der Waals surface area (Å²) in [5, 5.41) is 29.8. The lowest BCUT2D eigenvalue weighted by atomic mass is 9.90. The van der Waals surface area contributed by atoms with Crippen LogP contribution in [0.2, 0.25) is 0 Å². The summed E-state index contributed by atoms with van der Waals surface area (Å²) in [5.41, 5.74) is -0.0509. The van der Waals surface area contributed by atoms with Gasteiger partial charge in [-0.2, -0.15) is 0 Å². The van der Waals surface area contributed by atoms with Crippen LogP contribution < -0.4 is 0 Å². The zero-order valence-corrected chi connectivity index (χ0v) is 14.4. The lowest BCUT2D eigenvalue weighted by Gasteiger charge is -2.23. The Morgan fingerprint density at radius 1 is 1.35 bits per heavy atom. The third kappa shape index (κ3) is 2.86. The summed E-state index contributed by atoms with van der Waals surface area (Å²) in [6, 6.07) is 0. The predicted molar refractivity (Wildman–Crippen MR) is 89.7 cm³/mol. The van der Waals surface area contributed by atoms with E-state index in [0.29, 0.717) is 24.0 Å². The first-order valence-corrected chi connectivity index (χ1v) is 8.33. The Hall–Kier alpha value is -2.74. The second-order valence-corrected chi connectivity index (χ2v) is 6.58. The Morgan fingerprint density at radius 2 is 2.08 bits per heavy atom. The Kier molecular flexibility index (Phi) is 4.53. The molecule has 0 amide bonds. The van der Waals surface area contributed by atoms with Gasteiger partial charge in [-0.1, -0.05) is 12.7 Å². The zero-order valence-electron chi connectivity index (χ0n) is 14.4. The molecule has 0 radical (unpaired) electrons. The number of esters is 1. The predicted octanol–water partition coefficient (Wildman–Crippen LogP) is 2.11. The van der Waals surface area contributed by atoms with Gasteiger partial charge in [0.15, 0.2) is 5.60 Å². The minimum Gasteiger partial charge on any atom is -0.494 e.